The van der Waals surface area contributed by atoms with Crippen molar-refractivity contribution in [3.8, 4) is 0 Å². The topological polar surface area (TPSA) is 76.1 Å². The minimum absolute atomic E-state index is 0.0721. The molecule has 1 N–H and O–H groups in total. The van der Waals surface area contributed by atoms with E-state index in [1.807, 2.05) is 0 Å². The van der Waals surface area contributed by atoms with E-state index in [1.54, 1.807) is 54.0 Å². The number of aromatic nitrogens is 1. The number of sulfone groups is 1. The summed E-state index contributed by atoms with van der Waals surface area (Å²) in [5.41, 5.74) is 0.892. The minimum Gasteiger partial charge on any atom is -0.350 e. The van der Waals surface area contributed by atoms with Crippen molar-refractivity contribution >= 4 is 38.7 Å². The van der Waals surface area contributed by atoms with E-state index in [4.69, 9.17) is 11.6 Å². The Labute approximate surface area is 160 Å². The lowest BCUT2D eigenvalue weighted by Crippen LogP contribution is -2.31. The van der Waals surface area contributed by atoms with Gasteiger partial charge in [0.1, 0.15) is 9.46 Å². The first-order valence-electron chi connectivity index (χ1n) is 7.69. The Kier molecular flexibility index (Phi) is 5.70. The molecule has 0 spiro atoms. The number of halogens is 1. The number of thiophene rings is 1. The van der Waals surface area contributed by atoms with Gasteiger partial charge in [0.25, 0.3) is 5.91 Å². The molecule has 26 heavy (non-hydrogen) atoms. The summed E-state index contributed by atoms with van der Waals surface area (Å²) in [6, 6.07) is 13.1. The number of rotatable bonds is 6. The van der Waals surface area contributed by atoms with Crippen LogP contribution in [0.3, 0.4) is 0 Å². The maximum atomic E-state index is 13.0. The van der Waals surface area contributed by atoms with Crippen LogP contribution in [-0.4, -0.2) is 25.9 Å². The lowest BCUT2D eigenvalue weighted by molar-refractivity contribution is 0.0953. The second-order valence-corrected chi connectivity index (χ2v) is 9.21. The van der Waals surface area contributed by atoms with Gasteiger partial charge in [0.05, 0.1) is 0 Å². The number of carbonyl (C=O) groups excluding carboxylic acids is 1. The number of nitrogens with zero attached hydrogens (tertiary/aromatic N) is 1. The number of pyridine rings is 1. The fourth-order valence-electron chi connectivity index (χ4n) is 2.46. The third kappa shape index (κ3) is 4.12. The highest BCUT2D eigenvalue weighted by atomic mass is 35.5. The first kappa shape index (κ1) is 18.6. The van der Waals surface area contributed by atoms with Crippen molar-refractivity contribution in [3.05, 3.63) is 82.5 Å². The van der Waals surface area contributed by atoms with Gasteiger partial charge in [-0.3, -0.25) is 9.78 Å². The first-order chi connectivity index (χ1) is 12.5. The van der Waals surface area contributed by atoms with Crippen molar-refractivity contribution in [2.75, 3.05) is 6.54 Å². The molecule has 0 fully saturated rings. The second kappa shape index (κ2) is 7.99. The summed E-state index contributed by atoms with van der Waals surface area (Å²) in [6.45, 7) is -0.0721. The summed E-state index contributed by atoms with van der Waals surface area (Å²) in [4.78, 5) is 16.4. The Hall–Kier alpha value is -2.22. The van der Waals surface area contributed by atoms with Crippen LogP contribution in [-0.2, 0) is 9.84 Å². The largest absolute Gasteiger partial charge is 0.350 e. The Morgan fingerprint density at radius 3 is 2.69 bits per heavy atom. The lowest BCUT2D eigenvalue weighted by atomic mass is 10.2. The zero-order valence-electron chi connectivity index (χ0n) is 13.5. The van der Waals surface area contributed by atoms with Gasteiger partial charge in [-0.05, 0) is 41.3 Å². The average molecular weight is 407 g/mol. The molecule has 0 aliphatic rings. The summed E-state index contributed by atoms with van der Waals surface area (Å²) >= 11 is 7.05. The molecular weight excluding hydrogens is 392 g/mol. The molecule has 134 valence electrons. The molecule has 1 aromatic carbocycles. The molecule has 5 nitrogen and oxygen atoms in total. The molecule has 0 radical (unpaired) electrons. The van der Waals surface area contributed by atoms with Crippen LogP contribution in [0.4, 0.5) is 0 Å². The van der Waals surface area contributed by atoms with E-state index in [9.17, 15) is 13.2 Å². The van der Waals surface area contributed by atoms with Crippen LogP contribution in [0.5, 0.6) is 0 Å². The summed E-state index contributed by atoms with van der Waals surface area (Å²) in [5, 5.41) is 3.90. The van der Waals surface area contributed by atoms with Crippen molar-refractivity contribution < 1.29 is 13.2 Å². The third-order valence-corrected chi connectivity index (χ3v) is 7.51. The molecule has 2 heterocycles. The van der Waals surface area contributed by atoms with Crippen LogP contribution >= 0.6 is 22.9 Å². The molecule has 1 unspecified atom stereocenters. The van der Waals surface area contributed by atoms with Crippen molar-refractivity contribution in [2.24, 2.45) is 0 Å². The highest BCUT2D eigenvalue weighted by molar-refractivity contribution is 7.93. The fraction of sp³-hybridized carbons (Fsp3) is 0.111. The maximum Gasteiger partial charge on any atom is 0.251 e. The highest BCUT2D eigenvalue weighted by Crippen LogP contribution is 2.30. The molecule has 0 saturated heterocycles. The number of carbonyl (C=O) groups is 1. The number of amides is 1. The van der Waals surface area contributed by atoms with Crippen LogP contribution < -0.4 is 5.32 Å². The summed E-state index contributed by atoms with van der Waals surface area (Å²) < 4.78 is 26.3. The van der Waals surface area contributed by atoms with Gasteiger partial charge in [-0.15, -0.1) is 11.3 Å². The molecule has 8 heteroatoms. The lowest BCUT2D eigenvalue weighted by Gasteiger charge is -2.18. The van der Waals surface area contributed by atoms with Crippen molar-refractivity contribution in [1.82, 2.24) is 10.3 Å². The van der Waals surface area contributed by atoms with E-state index in [-0.39, 0.29) is 16.7 Å². The number of hydrogen-bond acceptors (Lipinski definition) is 5. The fourth-order valence-corrected chi connectivity index (χ4v) is 5.50. The van der Waals surface area contributed by atoms with E-state index in [0.29, 0.717) is 16.1 Å². The minimum atomic E-state index is -3.66. The van der Waals surface area contributed by atoms with Gasteiger partial charge in [-0.25, -0.2) is 8.42 Å². The van der Waals surface area contributed by atoms with E-state index in [1.165, 1.54) is 12.3 Å². The third-order valence-electron chi connectivity index (χ3n) is 3.74. The Balaban J connectivity index is 1.87. The van der Waals surface area contributed by atoms with Crippen LogP contribution in [0.1, 0.15) is 21.2 Å². The number of hydrogen-bond donors (Lipinski definition) is 1. The molecule has 3 rings (SSSR count). The van der Waals surface area contributed by atoms with Crippen LogP contribution in [0.2, 0.25) is 5.02 Å². The van der Waals surface area contributed by atoms with E-state index in [0.717, 1.165) is 11.3 Å². The van der Waals surface area contributed by atoms with Crippen LogP contribution in [0.25, 0.3) is 0 Å². The van der Waals surface area contributed by atoms with Gasteiger partial charge < -0.3 is 5.32 Å². The summed E-state index contributed by atoms with van der Waals surface area (Å²) in [6.07, 6.45) is 3.07. The molecule has 0 bridgehead atoms. The standard InChI is InChI=1S/C18H15ClN2O3S2/c19-15-6-1-4-13(10-15)18(22)21-12-16(14-5-2-8-20-11-14)26(23,24)17-7-3-9-25-17/h1-11,16H,12H2,(H,21,22). The highest BCUT2D eigenvalue weighted by Gasteiger charge is 2.30. The Morgan fingerprint density at radius 2 is 2.04 bits per heavy atom. The molecule has 0 aliphatic heterocycles. The van der Waals surface area contributed by atoms with Crippen molar-refractivity contribution in [3.63, 3.8) is 0 Å². The van der Waals surface area contributed by atoms with Crippen molar-refractivity contribution in [1.29, 1.82) is 0 Å². The van der Waals surface area contributed by atoms with E-state index in [2.05, 4.69) is 10.3 Å². The molecule has 2 aromatic heterocycles. The quantitative estimate of drug-likeness (QED) is 0.676. The molecule has 1 atom stereocenters. The van der Waals surface area contributed by atoms with Gasteiger partial charge in [0.15, 0.2) is 9.84 Å². The first-order valence-corrected chi connectivity index (χ1v) is 10.5. The van der Waals surface area contributed by atoms with Gasteiger partial charge in [-0.2, -0.15) is 0 Å². The number of benzene rings is 1. The molecular formula is C18H15ClN2O3S2. The van der Waals surface area contributed by atoms with Gasteiger partial charge in [0.2, 0.25) is 0 Å². The monoisotopic (exact) mass is 406 g/mol. The van der Waals surface area contributed by atoms with Gasteiger partial charge >= 0.3 is 0 Å². The Morgan fingerprint density at radius 1 is 1.19 bits per heavy atom. The zero-order chi connectivity index (χ0) is 18.6. The van der Waals surface area contributed by atoms with Gasteiger partial charge in [-0.1, -0.05) is 29.8 Å². The van der Waals surface area contributed by atoms with Crippen LogP contribution in [0, 0.1) is 0 Å². The SMILES string of the molecule is O=C(NCC(c1cccnc1)S(=O)(=O)c1cccs1)c1cccc(Cl)c1. The molecule has 1 amide bonds. The predicted octanol–water partition coefficient (Wildman–Crippen LogP) is 3.74. The van der Waals surface area contributed by atoms with Crippen LogP contribution in [0.15, 0.2) is 70.5 Å². The Bertz CT molecular complexity index is 990. The van der Waals surface area contributed by atoms with Gasteiger partial charge in [0, 0.05) is 29.5 Å². The predicted molar refractivity (Wildman–Crippen MR) is 102 cm³/mol. The molecule has 3 aromatic rings. The number of nitrogens with one attached hydrogen (secondary N) is 1. The zero-order valence-corrected chi connectivity index (χ0v) is 15.9. The van der Waals surface area contributed by atoms with Crippen molar-refractivity contribution in [2.45, 2.75) is 9.46 Å². The average Bonchev–Trinajstić information content (AvgIpc) is 3.18. The second-order valence-electron chi connectivity index (χ2n) is 5.47. The normalized spacial score (nSPS) is 12.5. The summed E-state index contributed by atoms with van der Waals surface area (Å²) in [7, 11) is -3.66. The van der Waals surface area contributed by atoms with E-state index >= 15 is 0 Å². The smallest absolute Gasteiger partial charge is 0.251 e. The molecule has 0 aliphatic carbocycles. The summed E-state index contributed by atoms with van der Waals surface area (Å²) in [5.74, 6) is -0.386. The molecule has 0 saturated carbocycles. The van der Waals surface area contributed by atoms with E-state index < -0.39 is 15.1 Å². The maximum absolute atomic E-state index is 13.0.